The Balaban J connectivity index is 0. The molecule has 0 fully saturated rings. The fourth-order valence-electron chi connectivity index (χ4n) is 0. The van der Waals surface area contributed by atoms with Crippen molar-refractivity contribution in [2.24, 2.45) is 0 Å². The summed E-state index contributed by atoms with van der Waals surface area (Å²) in [5, 5.41) is 0. The van der Waals surface area contributed by atoms with E-state index in [0.717, 1.165) is 0 Å². The summed E-state index contributed by atoms with van der Waals surface area (Å²) in [6, 6.07) is 0. The molecule has 2 heteroatoms. The smallest absolute Gasteiger partial charge is 0.340 e. The number of carbonyl (C=O) groups is 1. The van der Waals surface area contributed by atoms with Crippen LogP contribution in [0.2, 0.25) is 0 Å². The normalized spacial score (nSPS) is 5.00. The Morgan fingerprint density at radius 2 is 1.80 bits per heavy atom. The summed E-state index contributed by atoms with van der Waals surface area (Å²) < 4.78 is 0. The maximum Gasteiger partial charge on any atom is 2.00 e. The van der Waals surface area contributed by atoms with Crippen molar-refractivity contribution in [1.29, 1.82) is 0 Å². The van der Waals surface area contributed by atoms with Gasteiger partial charge in [0.2, 0.25) is 0 Å². The third-order valence-electron chi connectivity index (χ3n) is 0. The van der Waals surface area contributed by atoms with E-state index in [1.54, 1.807) is 0 Å². The molecule has 0 aliphatic rings. The summed E-state index contributed by atoms with van der Waals surface area (Å²) in [6.07, 6.45) is 0. The Morgan fingerprint density at radius 3 is 1.80 bits per heavy atom. The number of hydrogen-bond donors (Lipinski definition) is 0. The molecule has 0 spiro atoms. The minimum atomic E-state index is -0.0833. The maximum atomic E-state index is 9.33. The zero-order valence-corrected chi connectivity index (χ0v) is 4.46. The van der Waals surface area contributed by atoms with Gasteiger partial charge in [0.15, 0.2) is 0 Å². The molecule has 0 N–H and O–H groups in total. The van der Waals surface area contributed by atoms with Crippen molar-refractivity contribution < 1.29 is 23.4 Å². The van der Waals surface area contributed by atoms with E-state index >= 15 is 0 Å². The average Bonchev–Trinajstić information content (AvgIpc) is 0.811. The first-order valence-corrected chi connectivity index (χ1v) is 1.06. The average molecular weight is 108 g/mol. The molecule has 0 aliphatic carbocycles. The molecule has 0 saturated heterocycles. The van der Waals surface area contributed by atoms with Crippen LogP contribution in [0.4, 0.5) is 0 Å². The Kier molecular flexibility index (Phi) is 7.37. The van der Waals surface area contributed by atoms with Gasteiger partial charge in [-0.25, -0.2) is 0 Å². The van der Waals surface area contributed by atoms with Gasteiger partial charge in [-0.05, 0) is 12.7 Å². The van der Waals surface area contributed by atoms with Gasteiger partial charge in [-0.1, -0.05) is 0 Å². The van der Waals surface area contributed by atoms with Crippen LogP contribution in [0.3, 0.4) is 0 Å². The van der Waals surface area contributed by atoms with Crippen LogP contribution in [0.25, 0.3) is 0 Å². The molecule has 1 radical (unpaired) electrons. The molecule has 0 aromatic heterocycles. The van der Waals surface area contributed by atoms with E-state index in [4.69, 9.17) is 0 Å². The van der Waals surface area contributed by atoms with Gasteiger partial charge in [0.1, 0.15) is 0 Å². The minimum Gasteiger partial charge on any atom is -0.340 e. The van der Waals surface area contributed by atoms with Crippen molar-refractivity contribution in [2.75, 3.05) is 0 Å². The van der Waals surface area contributed by atoms with Gasteiger partial charge in [0.25, 0.3) is 0 Å². The van der Waals surface area contributed by atoms with E-state index in [1.165, 1.54) is 6.92 Å². The zero-order valence-electron chi connectivity index (χ0n) is 3.06. The van der Waals surface area contributed by atoms with Crippen LogP contribution in [-0.4, -0.2) is 5.78 Å². The SMILES string of the molecule is [CH2-]C(C)=O.[V+2]. The van der Waals surface area contributed by atoms with Crippen LogP contribution in [0, 0.1) is 6.92 Å². The largest absolute Gasteiger partial charge is 2.00 e. The minimum absolute atomic E-state index is 0. The van der Waals surface area contributed by atoms with Crippen LogP contribution in [0.5, 0.6) is 0 Å². The predicted molar refractivity (Wildman–Crippen MR) is 16.0 cm³/mol. The molecule has 0 atom stereocenters. The molecule has 1 nitrogen and oxygen atoms in total. The van der Waals surface area contributed by atoms with Crippen LogP contribution in [-0.2, 0) is 23.4 Å². The zero-order chi connectivity index (χ0) is 3.58. The van der Waals surface area contributed by atoms with Crippen molar-refractivity contribution in [3.63, 3.8) is 0 Å². The molecular formula is C3H5OV+. The van der Waals surface area contributed by atoms with E-state index < -0.39 is 0 Å². The van der Waals surface area contributed by atoms with Gasteiger partial charge in [0.05, 0.1) is 0 Å². The summed E-state index contributed by atoms with van der Waals surface area (Å²) in [5.41, 5.74) is 0. The Hall–Kier alpha value is 0.124. The molecular weight excluding hydrogens is 103 g/mol. The monoisotopic (exact) mass is 108 g/mol. The Labute approximate surface area is 43.6 Å². The summed E-state index contributed by atoms with van der Waals surface area (Å²) in [5.74, 6) is -0.0833. The van der Waals surface area contributed by atoms with Gasteiger partial charge in [0, 0.05) is 0 Å². The molecule has 0 saturated carbocycles. The van der Waals surface area contributed by atoms with Gasteiger partial charge >= 0.3 is 18.6 Å². The van der Waals surface area contributed by atoms with Crippen molar-refractivity contribution in [3.05, 3.63) is 6.92 Å². The molecule has 0 amide bonds. The molecule has 0 aliphatic heterocycles. The van der Waals surface area contributed by atoms with Gasteiger partial charge in [-0.3, -0.25) is 0 Å². The van der Waals surface area contributed by atoms with E-state index in [2.05, 4.69) is 6.92 Å². The van der Waals surface area contributed by atoms with Crippen LogP contribution in [0.1, 0.15) is 6.92 Å². The molecule has 0 aromatic carbocycles. The third-order valence-corrected chi connectivity index (χ3v) is 0. The molecule has 0 heterocycles. The molecule has 0 rings (SSSR count). The van der Waals surface area contributed by atoms with E-state index in [0.29, 0.717) is 0 Å². The number of carbonyl (C=O) groups excluding carboxylic acids is 1. The Morgan fingerprint density at radius 1 is 1.80 bits per heavy atom. The number of Topliss-reactive ketones (excluding diaryl/α,β-unsaturated/α-hetero) is 1. The molecule has 0 bridgehead atoms. The van der Waals surface area contributed by atoms with Crippen molar-refractivity contribution in [1.82, 2.24) is 0 Å². The summed E-state index contributed by atoms with van der Waals surface area (Å²) in [6.45, 7) is 4.42. The predicted octanol–water partition coefficient (Wildman–Crippen LogP) is 0.407. The van der Waals surface area contributed by atoms with Gasteiger partial charge < -0.3 is 11.7 Å². The summed E-state index contributed by atoms with van der Waals surface area (Å²) in [4.78, 5) is 9.33. The van der Waals surface area contributed by atoms with E-state index in [1.807, 2.05) is 0 Å². The first-order valence-electron chi connectivity index (χ1n) is 1.06. The van der Waals surface area contributed by atoms with Crippen molar-refractivity contribution in [2.45, 2.75) is 6.92 Å². The quantitative estimate of drug-likeness (QED) is 0.410. The van der Waals surface area contributed by atoms with Crippen molar-refractivity contribution >= 4 is 5.78 Å². The van der Waals surface area contributed by atoms with Crippen molar-refractivity contribution in [3.8, 4) is 0 Å². The van der Waals surface area contributed by atoms with E-state index in [-0.39, 0.29) is 24.3 Å². The fourth-order valence-corrected chi connectivity index (χ4v) is 0. The second-order valence-corrected chi connectivity index (χ2v) is 0.702. The number of ketones is 1. The topological polar surface area (TPSA) is 17.1 Å². The van der Waals surface area contributed by atoms with Gasteiger partial charge in [-0.2, -0.15) is 0 Å². The first kappa shape index (κ1) is 8.93. The second-order valence-electron chi connectivity index (χ2n) is 0.702. The third kappa shape index (κ3) is 1200. The summed E-state index contributed by atoms with van der Waals surface area (Å²) in [7, 11) is 0. The molecule has 0 unspecified atom stereocenters. The van der Waals surface area contributed by atoms with Crippen LogP contribution >= 0.6 is 0 Å². The van der Waals surface area contributed by atoms with Crippen LogP contribution in [0.15, 0.2) is 0 Å². The molecule has 27 valence electrons. The standard InChI is InChI=1S/C3H5O.V/c1-3(2)4;/h1H2,2H3;/q-1;+2. The maximum absolute atomic E-state index is 9.33. The fraction of sp³-hybridized carbons (Fsp3) is 0.333. The molecule has 5 heavy (non-hydrogen) atoms. The first-order chi connectivity index (χ1) is 1.73. The number of hydrogen-bond acceptors (Lipinski definition) is 1. The van der Waals surface area contributed by atoms with Crippen LogP contribution < -0.4 is 0 Å². The van der Waals surface area contributed by atoms with E-state index in [9.17, 15) is 4.79 Å². The number of rotatable bonds is 0. The second kappa shape index (κ2) is 4.12. The summed E-state index contributed by atoms with van der Waals surface area (Å²) >= 11 is 0. The molecule has 0 aromatic rings. The Bertz CT molecular complexity index is 29.9. The van der Waals surface area contributed by atoms with Gasteiger partial charge in [-0.15, -0.1) is 0 Å².